The average Bonchev–Trinajstić information content (AvgIpc) is 2.38. The van der Waals surface area contributed by atoms with Crippen LogP contribution in [0.1, 0.15) is 73.6 Å². The van der Waals surface area contributed by atoms with E-state index in [0.29, 0.717) is 11.8 Å². The molecule has 2 heteroatoms. The number of aliphatic hydroxyl groups excluding tert-OH is 2. The Bertz CT molecular complexity index is 338. The fourth-order valence-corrected chi connectivity index (χ4v) is 3.00. The Kier molecular flexibility index (Phi) is 11.6. The molecule has 0 aromatic heterocycles. The summed E-state index contributed by atoms with van der Waals surface area (Å²) in [5, 5.41) is 18.3. The van der Waals surface area contributed by atoms with Gasteiger partial charge in [0.25, 0.3) is 0 Å². The molecular formula is C20H38O2. The van der Waals surface area contributed by atoms with E-state index in [-0.39, 0.29) is 12.7 Å². The van der Waals surface area contributed by atoms with E-state index in [2.05, 4.69) is 47.6 Å². The van der Waals surface area contributed by atoms with E-state index in [9.17, 15) is 5.11 Å². The van der Waals surface area contributed by atoms with E-state index in [1.54, 1.807) is 0 Å². The van der Waals surface area contributed by atoms with Crippen LogP contribution in [0.3, 0.4) is 0 Å². The van der Waals surface area contributed by atoms with Crippen LogP contribution in [0.4, 0.5) is 0 Å². The van der Waals surface area contributed by atoms with Crippen molar-refractivity contribution in [2.45, 2.75) is 79.8 Å². The summed E-state index contributed by atoms with van der Waals surface area (Å²) in [4.78, 5) is 0. The highest BCUT2D eigenvalue weighted by Gasteiger charge is 2.28. The fraction of sp³-hybridized carbons (Fsp3) is 0.800. The zero-order valence-electron chi connectivity index (χ0n) is 15.6. The van der Waals surface area contributed by atoms with Gasteiger partial charge < -0.3 is 10.2 Å². The lowest BCUT2D eigenvalue weighted by Crippen LogP contribution is -2.31. The Morgan fingerprint density at radius 3 is 2.23 bits per heavy atom. The van der Waals surface area contributed by atoms with Crippen LogP contribution >= 0.6 is 0 Å². The predicted molar refractivity (Wildman–Crippen MR) is 96.9 cm³/mol. The maximum atomic E-state index is 9.71. The summed E-state index contributed by atoms with van der Waals surface area (Å²) in [6, 6.07) is 0. The number of aliphatic hydroxyl groups is 2. The maximum absolute atomic E-state index is 9.71. The van der Waals surface area contributed by atoms with Gasteiger partial charge in [-0.25, -0.2) is 0 Å². The summed E-state index contributed by atoms with van der Waals surface area (Å²) in [5.41, 5.74) is 2.63. The molecule has 0 radical (unpaired) electrons. The zero-order chi connectivity index (χ0) is 17.1. The molecule has 1 aliphatic rings. The first-order valence-corrected chi connectivity index (χ1v) is 8.85. The van der Waals surface area contributed by atoms with Crippen molar-refractivity contribution in [2.75, 3.05) is 6.61 Å². The summed E-state index contributed by atoms with van der Waals surface area (Å²) in [5.74, 6) is 1.95. The van der Waals surface area contributed by atoms with Crippen LogP contribution in [0.5, 0.6) is 0 Å². The van der Waals surface area contributed by atoms with Gasteiger partial charge in [-0.1, -0.05) is 50.5 Å². The van der Waals surface area contributed by atoms with Gasteiger partial charge in [0.15, 0.2) is 0 Å². The van der Waals surface area contributed by atoms with E-state index in [0.717, 1.165) is 25.2 Å². The van der Waals surface area contributed by atoms with Gasteiger partial charge in [0, 0.05) is 0 Å². The zero-order valence-corrected chi connectivity index (χ0v) is 15.6. The molecule has 0 heterocycles. The summed E-state index contributed by atoms with van der Waals surface area (Å²) in [7, 11) is 0. The van der Waals surface area contributed by atoms with Crippen molar-refractivity contribution in [1.29, 1.82) is 0 Å². The van der Waals surface area contributed by atoms with Crippen LogP contribution < -0.4 is 0 Å². The third kappa shape index (κ3) is 10.2. The van der Waals surface area contributed by atoms with Crippen LogP contribution in [0, 0.1) is 17.8 Å². The van der Waals surface area contributed by atoms with Crippen molar-refractivity contribution in [3.8, 4) is 0 Å². The molecule has 130 valence electrons. The normalized spacial score (nSPS) is 25.5. The van der Waals surface area contributed by atoms with E-state index >= 15 is 0 Å². The molecule has 0 aromatic rings. The first-order chi connectivity index (χ1) is 10.3. The van der Waals surface area contributed by atoms with Gasteiger partial charge in [-0.15, -0.1) is 0 Å². The van der Waals surface area contributed by atoms with Crippen molar-refractivity contribution >= 4 is 0 Å². The fourth-order valence-electron chi connectivity index (χ4n) is 3.00. The third-order valence-corrected chi connectivity index (χ3v) is 4.52. The second-order valence-corrected chi connectivity index (χ2v) is 7.45. The standard InChI is InChI=1S/C10H20O.C10H18O/c1-7(2)9-5-4-8(3)6-10(9)11;1-9(2)5-4-6-10(3)7-8-11/h7-11H,4-6H2,1-3H3;5,7,11H,4,6,8H2,1-3H3. The minimum Gasteiger partial charge on any atom is -0.393 e. The molecule has 2 N–H and O–H groups in total. The quantitative estimate of drug-likeness (QED) is 0.693. The molecule has 1 aliphatic carbocycles. The Morgan fingerprint density at radius 2 is 1.77 bits per heavy atom. The molecule has 0 aromatic carbocycles. The summed E-state index contributed by atoms with van der Waals surface area (Å²) >= 11 is 0. The third-order valence-electron chi connectivity index (χ3n) is 4.52. The molecule has 1 fully saturated rings. The minimum absolute atomic E-state index is 0.0289. The van der Waals surface area contributed by atoms with Crippen molar-refractivity contribution in [2.24, 2.45) is 17.8 Å². The largest absolute Gasteiger partial charge is 0.393 e. The molecule has 3 unspecified atom stereocenters. The highest BCUT2D eigenvalue weighted by atomic mass is 16.3. The average molecular weight is 311 g/mol. The lowest BCUT2D eigenvalue weighted by atomic mass is 9.75. The van der Waals surface area contributed by atoms with E-state index in [4.69, 9.17) is 5.11 Å². The highest BCUT2D eigenvalue weighted by Crippen LogP contribution is 2.33. The molecule has 0 bridgehead atoms. The molecule has 22 heavy (non-hydrogen) atoms. The van der Waals surface area contributed by atoms with Crippen molar-refractivity contribution < 1.29 is 10.2 Å². The molecular weight excluding hydrogens is 272 g/mol. The molecule has 0 spiro atoms. The van der Waals surface area contributed by atoms with Crippen LogP contribution in [-0.4, -0.2) is 22.9 Å². The van der Waals surface area contributed by atoms with E-state index in [1.165, 1.54) is 24.0 Å². The Balaban J connectivity index is 0.000000401. The summed E-state index contributed by atoms with van der Waals surface area (Å²) in [6.45, 7) is 13.1. The van der Waals surface area contributed by atoms with Crippen molar-refractivity contribution in [3.63, 3.8) is 0 Å². The van der Waals surface area contributed by atoms with E-state index in [1.807, 2.05) is 6.08 Å². The van der Waals surface area contributed by atoms with Gasteiger partial charge in [-0.2, -0.15) is 0 Å². The van der Waals surface area contributed by atoms with Crippen LogP contribution in [0.15, 0.2) is 23.3 Å². The van der Waals surface area contributed by atoms with Gasteiger partial charge in [0.05, 0.1) is 12.7 Å². The highest BCUT2D eigenvalue weighted by molar-refractivity contribution is 5.01. The van der Waals surface area contributed by atoms with Crippen molar-refractivity contribution in [3.05, 3.63) is 23.3 Å². The lowest BCUT2D eigenvalue weighted by molar-refractivity contribution is 0.0266. The second-order valence-electron chi connectivity index (χ2n) is 7.45. The van der Waals surface area contributed by atoms with Crippen LogP contribution in [-0.2, 0) is 0 Å². The maximum Gasteiger partial charge on any atom is 0.0614 e. The number of hydrogen-bond donors (Lipinski definition) is 2. The molecule has 1 saturated carbocycles. The molecule has 1 rings (SSSR count). The van der Waals surface area contributed by atoms with E-state index < -0.39 is 0 Å². The summed E-state index contributed by atoms with van der Waals surface area (Å²) in [6.07, 6.45) is 9.74. The molecule has 0 aliphatic heterocycles. The Morgan fingerprint density at radius 1 is 1.14 bits per heavy atom. The van der Waals surface area contributed by atoms with Gasteiger partial charge in [0.1, 0.15) is 0 Å². The van der Waals surface area contributed by atoms with Gasteiger partial charge >= 0.3 is 0 Å². The van der Waals surface area contributed by atoms with Gasteiger partial charge in [0.2, 0.25) is 0 Å². The smallest absolute Gasteiger partial charge is 0.0614 e. The summed E-state index contributed by atoms with van der Waals surface area (Å²) < 4.78 is 0. The molecule has 3 atom stereocenters. The topological polar surface area (TPSA) is 40.5 Å². The van der Waals surface area contributed by atoms with Crippen LogP contribution in [0.2, 0.25) is 0 Å². The van der Waals surface area contributed by atoms with Crippen molar-refractivity contribution in [1.82, 2.24) is 0 Å². The first-order valence-electron chi connectivity index (χ1n) is 8.85. The molecule has 0 saturated heterocycles. The molecule has 0 amide bonds. The SMILES string of the molecule is CC(C)=CCCC(C)=CCO.CC1CCC(C(C)C)C(O)C1. The Hall–Kier alpha value is -0.600. The number of rotatable bonds is 5. The first kappa shape index (κ1) is 21.4. The molecule has 2 nitrogen and oxygen atoms in total. The van der Waals surface area contributed by atoms with Gasteiger partial charge in [-0.05, 0) is 64.2 Å². The minimum atomic E-state index is -0.0289. The number of allylic oxidation sites excluding steroid dienone is 3. The van der Waals surface area contributed by atoms with Crippen LogP contribution in [0.25, 0.3) is 0 Å². The number of hydrogen-bond acceptors (Lipinski definition) is 2. The van der Waals surface area contributed by atoms with Gasteiger partial charge in [-0.3, -0.25) is 0 Å². The lowest BCUT2D eigenvalue weighted by Gasteiger charge is -2.33. The second kappa shape index (κ2) is 11.9. The predicted octanol–water partition coefficient (Wildman–Crippen LogP) is 5.11. The Labute approximate surface area is 138 Å². The monoisotopic (exact) mass is 310 g/mol.